The smallest absolute Gasteiger partial charge is 0.327 e. The largest absolute Gasteiger partial charge is 0.480 e. The number of nitrogens with zero attached hydrogens (tertiary/aromatic N) is 1. The van der Waals surface area contributed by atoms with Crippen LogP contribution >= 0.6 is 10.5 Å². The predicted octanol–water partition coefficient (Wildman–Crippen LogP) is 1.01. The molecule has 2 aliphatic rings. The maximum absolute atomic E-state index is 12.2. The third kappa shape index (κ3) is 1.62. The SMILES string of the molecule is C=S1[C@@H]2C(=C(C)C(C)=O)C(=O)N2[C@@H](C(=O)O)C1(C)C. The molecule has 0 aromatic rings. The number of allylic oxidation sites excluding steroid dienone is 1. The zero-order chi connectivity index (χ0) is 14.7. The molecule has 2 heterocycles. The molecule has 0 aromatic heterocycles. The standard InChI is InChI=1S/C13H17NO4S/c1-6(7(2)15)8-10(16)14-9(12(17)18)13(3,4)19(5)11(8)14/h9,11H,5H2,1-4H3,(H,17,18)/t9-,11+,19?/m0/s1. The highest BCUT2D eigenvalue weighted by Crippen LogP contribution is 2.57. The van der Waals surface area contributed by atoms with E-state index in [1.165, 1.54) is 11.8 Å². The van der Waals surface area contributed by atoms with E-state index in [1.54, 1.807) is 6.92 Å². The van der Waals surface area contributed by atoms with Gasteiger partial charge in [-0.1, -0.05) is 5.87 Å². The lowest BCUT2D eigenvalue weighted by Crippen LogP contribution is -2.59. The van der Waals surface area contributed by atoms with E-state index in [4.69, 9.17) is 0 Å². The highest BCUT2D eigenvalue weighted by atomic mass is 32.2. The number of aliphatic carboxylic acids is 1. The fourth-order valence-electron chi connectivity index (χ4n) is 2.67. The summed E-state index contributed by atoms with van der Waals surface area (Å²) >= 11 is 0. The first-order chi connectivity index (χ1) is 8.62. The number of hydrogen-bond donors (Lipinski definition) is 1. The number of carboxylic acid groups (broad SMARTS) is 1. The molecule has 6 heteroatoms. The first-order valence-electron chi connectivity index (χ1n) is 5.92. The van der Waals surface area contributed by atoms with Crippen LogP contribution in [0.3, 0.4) is 0 Å². The molecule has 1 amide bonds. The maximum atomic E-state index is 12.2. The summed E-state index contributed by atoms with van der Waals surface area (Å²) in [6.07, 6.45) is 0. The van der Waals surface area contributed by atoms with Crippen LogP contribution in [0.2, 0.25) is 0 Å². The summed E-state index contributed by atoms with van der Waals surface area (Å²) in [6.45, 7) is 6.65. The van der Waals surface area contributed by atoms with Crippen LogP contribution in [0.1, 0.15) is 27.7 Å². The maximum Gasteiger partial charge on any atom is 0.327 e. The zero-order valence-corrected chi connectivity index (χ0v) is 12.2. The molecule has 2 rings (SSSR count). The molecule has 2 fully saturated rings. The number of carboxylic acids is 1. The van der Waals surface area contributed by atoms with Crippen molar-refractivity contribution in [3.63, 3.8) is 0 Å². The molecule has 0 bridgehead atoms. The Morgan fingerprint density at radius 1 is 1.37 bits per heavy atom. The summed E-state index contributed by atoms with van der Waals surface area (Å²) in [6, 6.07) is -0.866. The molecule has 0 aromatic carbocycles. The van der Waals surface area contributed by atoms with E-state index < -0.39 is 27.2 Å². The summed E-state index contributed by atoms with van der Waals surface area (Å²) in [4.78, 5) is 36.4. The van der Waals surface area contributed by atoms with Gasteiger partial charge >= 0.3 is 5.97 Å². The quantitative estimate of drug-likeness (QED) is 0.466. The summed E-state index contributed by atoms with van der Waals surface area (Å²) in [5.41, 5.74) is 0.872. The Morgan fingerprint density at radius 3 is 2.32 bits per heavy atom. The number of ketones is 1. The van der Waals surface area contributed by atoms with E-state index in [1.807, 2.05) is 13.8 Å². The Morgan fingerprint density at radius 2 is 1.89 bits per heavy atom. The van der Waals surface area contributed by atoms with Crippen LogP contribution in [0.25, 0.3) is 0 Å². The average Bonchev–Trinajstić information content (AvgIpc) is 2.46. The summed E-state index contributed by atoms with van der Waals surface area (Å²) in [5, 5.41) is 9.01. The Hall–Kier alpha value is -1.43. The van der Waals surface area contributed by atoms with Crippen molar-refractivity contribution in [3.8, 4) is 0 Å². The van der Waals surface area contributed by atoms with Gasteiger partial charge in [-0.25, -0.2) is 4.79 Å². The molecule has 0 spiro atoms. The number of rotatable bonds is 2. The van der Waals surface area contributed by atoms with E-state index in [0.717, 1.165) is 0 Å². The molecule has 1 unspecified atom stereocenters. The Balaban J connectivity index is 2.54. The summed E-state index contributed by atoms with van der Waals surface area (Å²) in [5.74, 6) is 2.55. The number of Topliss-reactive ketones (excluding diaryl/α,β-unsaturated/α-hetero) is 1. The van der Waals surface area contributed by atoms with Gasteiger partial charge in [0.2, 0.25) is 0 Å². The minimum atomic E-state index is -1.01. The topological polar surface area (TPSA) is 74.7 Å². The van der Waals surface area contributed by atoms with Gasteiger partial charge in [-0.05, 0) is 27.7 Å². The fraction of sp³-hybridized carbons (Fsp3) is 0.538. The van der Waals surface area contributed by atoms with Crippen molar-refractivity contribution in [2.45, 2.75) is 43.9 Å². The Labute approximate surface area is 114 Å². The van der Waals surface area contributed by atoms with Crippen LogP contribution in [0, 0.1) is 0 Å². The Kier molecular flexibility index (Phi) is 2.97. The highest BCUT2D eigenvalue weighted by molar-refractivity contribution is 8.16. The van der Waals surface area contributed by atoms with E-state index in [-0.39, 0.29) is 17.1 Å². The van der Waals surface area contributed by atoms with Crippen molar-refractivity contribution < 1.29 is 19.5 Å². The van der Waals surface area contributed by atoms with Crippen molar-refractivity contribution in [3.05, 3.63) is 11.1 Å². The number of carbonyl (C=O) groups excluding carboxylic acids is 2. The minimum absolute atomic E-state index is 0.156. The van der Waals surface area contributed by atoms with Gasteiger partial charge in [0.15, 0.2) is 5.78 Å². The minimum Gasteiger partial charge on any atom is -0.480 e. The molecule has 0 radical (unpaired) electrons. The van der Waals surface area contributed by atoms with Crippen LogP contribution < -0.4 is 0 Å². The lowest BCUT2D eigenvalue weighted by atomic mass is 9.92. The first-order valence-corrected chi connectivity index (χ1v) is 7.38. The van der Waals surface area contributed by atoms with Crippen molar-refractivity contribution in [2.75, 3.05) is 0 Å². The van der Waals surface area contributed by atoms with Crippen molar-refractivity contribution in [2.24, 2.45) is 0 Å². The molecule has 104 valence electrons. The van der Waals surface area contributed by atoms with Crippen molar-refractivity contribution in [1.82, 2.24) is 4.90 Å². The number of amides is 1. The van der Waals surface area contributed by atoms with Crippen LogP contribution in [0.5, 0.6) is 0 Å². The molecule has 2 aliphatic heterocycles. The van der Waals surface area contributed by atoms with Gasteiger partial charge in [0.1, 0.15) is 11.4 Å². The summed E-state index contributed by atoms with van der Waals surface area (Å²) < 4.78 is -0.592. The van der Waals surface area contributed by atoms with Crippen LogP contribution in [0.15, 0.2) is 11.1 Å². The highest BCUT2D eigenvalue weighted by Gasteiger charge is 2.63. The lowest BCUT2D eigenvalue weighted by Gasteiger charge is -2.40. The third-order valence-corrected chi connectivity index (χ3v) is 6.59. The van der Waals surface area contributed by atoms with Gasteiger partial charge in [0, 0.05) is 10.3 Å². The second-order valence-corrected chi connectivity index (χ2v) is 7.79. The third-order valence-electron chi connectivity index (χ3n) is 4.01. The van der Waals surface area contributed by atoms with Gasteiger partial charge in [-0.3, -0.25) is 9.59 Å². The number of hydrogen-bond acceptors (Lipinski definition) is 3. The molecule has 3 atom stereocenters. The van der Waals surface area contributed by atoms with Crippen molar-refractivity contribution >= 4 is 34.0 Å². The number of fused-ring (bicyclic) bond motifs is 1. The number of β-lactam (4-membered cyclic amide) rings is 1. The molecular formula is C13H17NO4S. The monoisotopic (exact) mass is 283 g/mol. The first kappa shape index (κ1) is 14.0. The van der Waals surface area contributed by atoms with Crippen LogP contribution in [-0.4, -0.2) is 49.7 Å². The molecule has 1 N–H and O–H groups in total. The Bertz CT molecular complexity index is 561. The summed E-state index contributed by atoms with van der Waals surface area (Å²) in [7, 11) is -0.546. The van der Waals surface area contributed by atoms with Gasteiger partial charge in [0.05, 0.1) is 5.57 Å². The second-order valence-electron chi connectivity index (χ2n) is 5.43. The van der Waals surface area contributed by atoms with E-state index >= 15 is 0 Å². The molecule has 0 saturated carbocycles. The van der Waals surface area contributed by atoms with Crippen molar-refractivity contribution in [1.29, 1.82) is 0 Å². The second kappa shape index (κ2) is 4.03. The molecule has 2 saturated heterocycles. The van der Waals surface area contributed by atoms with E-state index in [2.05, 4.69) is 5.87 Å². The molecule has 5 nitrogen and oxygen atoms in total. The zero-order valence-electron chi connectivity index (χ0n) is 11.4. The fourth-order valence-corrected chi connectivity index (χ4v) is 4.80. The van der Waals surface area contributed by atoms with E-state index in [9.17, 15) is 19.5 Å². The normalized spacial score (nSPS) is 34.6. The molecule has 0 aliphatic carbocycles. The van der Waals surface area contributed by atoms with Crippen LogP contribution in [0.4, 0.5) is 0 Å². The van der Waals surface area contributed by atoms with Gasteiger partial charge < -0.3 is 10.0 Å². The predicted molar refractivity (Wildman–Crippen MR) is 74.2 cm³/mol. The average molecular weight is 283 g/mol. The lowest BCUT2D eigenvalue weighted by molar-refractivity contribution is -0.152. The number of carbonyl (C=O) groups is 3. The van der Waals surface area contributed by atoms with Gasteiger partial charge in [0.25, 0.3) is 5.91 Å². The van der Waals surface area contributed by atoms with Gasteiger partial charge in [-0.15, -0.1) is 0 Å². The van der Waals surface area contributed by atoms with Crippen LogP contribution in [-0.2, 0) is 14.4 Å². The van der Waals surface area contributed by atoms with E-state index in [0.29, 0.717) is 11.1 Å². The molecule has 19 heavy (non-hydrogen) atoms. The van der Waals surface area contributed by atoms with Gasteiger partial charge in [-0.2, -0.15) is 10.5 Å². The molecular weight excluding hydrogens is 266 g/mol.